The molecule has 0 heterocycles. The smallest absolute Gasteiger partial charge is 0.133 e. The van der Waals surface area contributed by atoms with Crippen LogP contribution in [0.25, 0.3) is 0 Å². The Morgan fingerprint density at radius 3 is 2.44 bits per heavy atom. The van der Waals surface area contributed by atoms with Crippen molar-refractivity contribution in [3.05, 3.63) is 0 Å². The topological polar surface area (TPSA) is 57.5 Å². The number of Topliss-reactive ketones (excluding diaryl/α,β-unsaturated/α-hetero) is 1. The van der Waals surface area contributed by atoms with Gasteiger partial charge in [0.15, 0.2) is 0 Å². The second-order valence-electron chi connectivity index (χ2n) is 10.5. The third-order valence-electron chi connectivity index (χ3n) is 9.72. The molecule has 0 aliphatic heterocycles. The van der Waals surface area contributed by atoms with Gasteiger partial charge in [-0.05, 0) is 86.4 Å². The van der Waals surface area contributed by atoms with E-state index in [2.05, 4.69) is 20.8 Å². The van der Waals surface area contributed by atoms with Gasteiger partial charge in [0.1, 0.15) is 5.78 Å². The highest BCUT2D eigenvalue weighted by Crippen LogP contribution is 2.69. The minimum absolute atomic E-state index is 0.0792. The summed E-state index contributed by atoms with van der Waals surface area (Å²) in [5.41, 5.74) is -0.630. The first-order chi connectivity index (χ1) is 11.6. The lowest BCUT2D eigenvalue weighted by atomic mass is 9.41. The number of carbonyl (C=O) groups excluding carboxylic acids is 1. The summed E-state index contributed by atoms with van der Waals surface area (Å²) >= 11 is 0. The average molecular weight is 349 g/mol. The molecule has 0 amide bonds. The molecular weight excluding hydrogens is 312 g/mol. The summed E-state index contributed by atoms with van der Waals surface area (Å²) in [6, 6.07) is 0. The fourth-order valence-electron chi connectivity index (χ4n) is 8.33. The highest BCUT2D eigenvalue weighted by molar-refractivity contribution is 5.79. The molecule has 0 bridgehead atoms. The van der Waals surface area contributed by atoms with Gasteiger partial charge < -0.3 is 10.2 Å². The Morgan fingerprint density at radius 1 is 1.04 bits per heavy atom. The average Bonchev–Trinajstić information content (AvgIpc) is 2.88. The number of carbonyl (C=O) groups is 1. The van der Waals surface area contributed by atoms with E-state index in [-0.39, 0.29) is 28.8 Å². The van der Waals surface area contributed by atoms with Crippen LogP contribution in [-0.2, 0) is 4.79 Å². The van der Waals surface area contributed by atoms with E-state index in [1.165, 1.54) is 6.42 Å². The van der Waals surface area contributed by atoms with Gasteiger partial charge in [0.25, 0.3) is 0 Å². The Labute approximate surface area is 152 Å². The van der Waals surface area contributed by atoms with Crippen LogP contribution in [0.3, 0.4) is 0 Å². The van der Waals surface area contributed by atoms with Crippen LogP contribution < -0.4 is 0 Å². The van der Waals surface area contributed by atoms with Crippen molar-refractivity contribution >= 4 is 5.78 Å². The Hall–Kier alpha value is -0.410. The number of hydrogen-bond donors (Lipinski definition) is 2. The zero-order valence-electron chi connectivity index (χ0n) is 16.4. The third kappa shape index (κ3) is 2.21. The second kappa shape index (κ2) is 5.55. The van der Waals surface area contributed by atoms with Crippen molar-refractivity contribution in [3.8, 4) is 0 Å². The van der Waals surface area contributed by atoms with Crippen LogP contribution in [0.1, 0.15) is 79.1 Å². The molecule has 3 nitrogen and oxygen atoms in total. The summed E-state index contributed by atoms with van der Waals surface area (Å²) in [5, 5.41) is 21.9. The Kier molecular flexibility index (Phi) is 3.99. The van der Waals surface area contributed by atoms with Crippen molar-refractivity contribution in [1.82, 2.24) is 0 Å². The molecule has 0 aromatic heterocycles. The van der Waals surface area contributed by atoms with E-state index in [9.17, 15) is 15.0 Å². The lowest BCUT2D eigenvalue weighted by Crippen LogP contribution is -2.66. The predicted octanol–water partition coefficient (Wildman–Crippen LogP) is 3.96. The summed E-state index contributed by atoms with van der Waals surface area (Å²) in [4.78, 5) is 12.2. The monoisotopic (exact) mass is 348 g/mol. The third-order valence-corrected chi connectivity index (χ3v) is 9.72. The van der Waals surface area contributed by atoms with E-state index in [0.717, 1.165) is 38.5 Å². The molecule has 4 rings (SSSR count). The van der Waals surface area contributed by atoms with E-state index in [0.29, 0.717) is 30.0 Å². The number of fused-ring (bicyclic) bond motifs is 5. The standard InChI is InChI=1S/C22H36O3/c1-13-11-16-18-6-5-17(14(2)23)20(18,3)9-8-19(16)21(4)10-7-15(24)12-22(13,21)25/h13,15-19,24-25H,5-12H2,1-4H3/t13?,15?,16-,17+,18-,19-,20+,21+,22?/m0/s1. The number of aliphatic hydroxyl groups is 2. The zero-order chi connectivity index (χ0) is 18.2. The van der Waals surface area contributed by atoms with Gasteiger partial charge in [-0.1, -0.05) is 20.8 Å². The molecule has 2 N–H and O–H groups in total. The fraction of sp³-hybridized carbons (Fsp3) is 0.955. The van der Waals surface area contributed by atoms with Gasteiger partial charge in [0.05, 0.1) is 11.7 Å². The van der Waals surface area contributed by atoms with Crippen LogP contribution in [0.2, 0.25) is 0 Å². The summed E-state index contributed by atoms with van der Waals surface area (Å²) < 4.78 is 0. The van der Waals surface area contributed by atoms with E-state index in [1.54, 1.807) is 6.92 Å². The van der Waals surface area contributed by atoms with Gasteiger partial charge in [0, 0.05) is 12.3 Å². The molecule has 3 unspecified atom stereocenters. The number of rotatable bonds is 1. The lowest BCUT2D eigenvalue weighted by molar-refractivity contribution is -0.243. The Bertz CT molecular complexity index is 574. The quantitative estimate of drug-likeness (QED) is 0.754. The minimum Gasteiger partial charge on any atom is -0.393 e. The van der Waals surface area contributed by atoms with Gasteiger partial charge in [-0.2, -0.15) is 0 Å². The van der Waals surface area contributed by atoms with Crippen LogP contribution in [-0.4, -0.2) is 27.7 Å². The van der Waals surface area contributed by atoms with Crippen LogP contribution in [0, 0.1) is 40.4 Å². The van der Waals surface area contributed by atoms with E-state index in [1.807, 2.05) is 0 Å². The molecule has 3 heteroatoms. The molecule has 4 aliphatic carbocycles. The first kappa shape index (κ1) is 18.0. The second-order valence-corrected chi connectivity index (χ2v) is 10.5. The molecule has 142 valence electrons. The normalized spacial score (nSPS) is 58.2. The van der Waals surface area contributed by atoms with Crippen LogP contribution in [0.5, 0.6) is 0 Å². The van der Waals surface area contributed by atoms with Crippen molar-refractivity contribution < 1.29 is 15.0 Å². The molecular formula is C22H36O3. The first-order valence-corrected chi connectivity index (χ1v) is 10.5. The van der Waals surface area contributed by atoms with Crippen molar-refractivity contribution in [3.63, 3.8) is 0 Å². The molecule has 0 saturated heterocycles. The number of hydrogen-bond acceptors (Lipinski definition) is 3. The molecule has 25 heavy (non-hydrogen) atoms. The lowest BCUT2D eigenvalue weighted by Gasteiger charge is -2.66. The zero-order valence-corrected chi connectivity index (χ0v) is 16.4. The molecule has 0 aromatic rings. The molecule has 0 spiro atoms. The SMILES string of the molecule is CC(=O)[C@H]1CC[C@H]2[C@@H]3CC(C)C4(O)CC(O)CC[C@]4(C)[C@H]3CC[C@]12C. The van der Waals surface area contributed by atoms with E-state index >= 15 is 0 Å². The predicted molar refractivity (Wildman–Crippen MR) is 97.9 cm³/mol. The Balaban J connectivity index is 1.69. The highest BCUT2D eigenvalue weighted by atomic mass is 16.3. The van der Waals surface area contributed by atoms with E-state index < -0.39 is 5.60 Å². The highest BCUT2D eigenvalue weighted by Gasteiger charge is 2.66. The first-order valence-electron chi connectivity index (χ1n) is 10.5. The van der Waals surface area contributed by atoms with Gasteiger partial charge >= 0.3 is 0 Å². The van der Waals surface area contributed by atoms with Crippen LogP contribution >= 0.6 is 0 Å². The fourth-order valence-corrected chi connectivity index (χ4v) is 8.33. The molecule has 4 saturated carbocycles. The van der Waals surface area contributed by atoms with Crippen molar-refractivity contribution in [2.75, 3.05) is 0 Å². The molecule has 9 atom stereocenters. The van der Waals surface area contributed by atoms with Gasteiger partial charge in [-0.15, -0.1) is 0 Å². The maximum absolute atomic E-state index is 12.2. The van der Waals surface area contributed by atoms with Gasteiger partial charge in [-0.25, -0.2) is 0 Å². The van der Waals surface area contributed by atoms with Crippen LogP contribution in [0.4, 0.5) is 0 Å². The largest absolute Gasteiger partial charge is 0.393 e. The number of ketones is 1. The summed E-state index contributed by atoms with van der Waals surface area (Å²) in [5.74, 6) is 2.68. The van der Waals surface area contributed by atoms with Crippen molar-refractivity contribution in [1.29, 1.82) is 0 Å². The molecule has 0 radical (unpaired) electrons. The van der Waals surface area contributed by atoms with E-state index in [4.69, 9.17) is 0 Å². The molecule has 4 aliphatic rings. The van der Waals surface area contributed by atoms with Gasteiger partial charge in [-0.3, -0.25) is 4.79 Å². The van der Waals surface area contributed by atoms with Crippen molar-refractivity contribution in [2.45, 2.75) is 90.8 Å². The summed E-state index contributed by atoms with van der Waals surface area (Å²) in [6.07, 6.45) is 7.55. The Morgan fingerprint density at radius 2 is 1.76 bits per heavy atom. The van der Waals surface area contributed by atoms with Crippen molar-refractivity contribution in [2.24, 2.45) is 40.4 Å². The molecule has 0 aromatic carbocycles. The number of aliphatic hydroxyl groups excluding tert-OH is 1. The summed E-state index contributed by atoms with van der Waals surface area (Å²) in [6.45, 7) is 8.68. The minimum atomic E-state index is -0.724. The maximum atomic E-state index is 12.2. The maximum Gasteiger partial charge on any atom is 0.133 e. The van der Waals surface area contributed by atoms with Gasteiger partial charge in [0.2, 0.25) is 0 Å². The van der Waals surface area contributed by atoms with Crippen LogP contribution in [0.15, 0.2) is 0 Å². The summed E-state index contributed by atoms with van der Waals surface area (Å²) in [7, 11) is 0. The molecule has 4 fully saturated rings.